The number of nitrogens with one attached hydrogen (secondary N) is 1. The number of sulfonamides is 1. The average Bonchev–Trinajstić information content (AvgIpc) is 3.18. The molecule has 0 aliphatic heterocycles. The molecule has 0 amide bonds. The summed E-state index contributed by atoms with van der Waals surface area (Å²) in [6.07, 6.45) is 3.55. The lowest BCUT2D eigenvalue weighted by molar-refractivity contribution is 0.413. The molecular weight excluding hydrogens is 334 g/mol. The van der Waals surface area contributed by atoms with Crippen LogP contribution in [-0.4, -0.2) is 25.1 Å². The number of aryl methyl sites for hydroxylation is 1. The van der Waals surface area contributed by atoms with Gasteiger partial charge >= 0.3 is 0 Å². The van der Waals surface area contributed by atoms with Crippen LogP contribution in [0.15, 0.2) is 52.4 Å². The molecule has 0 fully saturated rings. The number of hydrogen-bond acceptors (Lipinski definition) is 5. The minimum atomic E-state index is -3.58. The van der Waals surface area contributed by atoms with Crippen LogP contribution in [0.3, 0.4) is 0 Å². The molecule has 0 spiro atoms. The van der Waals surface area contributed by atoms with Crippen molar-refractivity contribution in [2.75, 3.05) is 11.8 Å². The van der Waals surface area contributed by atoms with Crippen molar-refractivity contribution in [2.24, 2.45) is 0 Å². The molecule has 3 aromatic rings. The van der Waals surface area contributed by atoms with E-state index in [9.17, 15) is 8.42 Å². The van der Waals surface area contributed by atoms with Crippen molar-refractivity contribution < 1.29 is 13.2 Å². The molecule has 0 saturated carbocycles. The van der Waals surface area contributed by atoms with Crippen LogP contribution in [0.2, 0.25) is 0 Å². The number of rotatable bonds is 5. The second-order valence-corrected chi connectivity index (χ2v) is 7.34. The number of methoxy groups -OCH3 is 1. The van der Waals surface area contributed by atoms with E-state index in [2.05, 4.69) is 9.71 Å². The van der Waals surface area contributed by atoms with Gasteiger partial charge in [-0.2, -0.15) is 11.3 Å². The van der Waals surface area contributed by atoms with Crippen LogP contribution < -0.4 is 9.46 Å². The van der Waals surface area contributed by atoms with E-state index in [-0.39, 0.29) is 4.90 Å². The van der Waals surface area contributed by atoms with Crippen LogP contribution >= 0.6 is 11.3 Å². The summed E-state index contributed by atoms with van der Waals surface area (Å²) in [4.78, 5) is 4.43. The molecule has 0 aliphatic carbocycles. The van der Waals surface area contributed by atoms with E-state index >= 15 is 0 Å². The van der Waals surface area contributed by atoms with Crippen molar-refractivity contribution in [1.82, 2.24) is 9.55 Å². The van der Waals surface area contributed by atoms with E-state index in [0.29, 0.717) is 11.4 Å². The second kappa shape index (κ2) is 6.05. The first-order chi connectivity index (χ1) is 11.0. The number of nitrogens with zero attached hydrogens (tertiary/aromatic N) is 2. The lowest BCUT2D eigenvalue weighted by Gasteiger charge is -2.12. The Kier molecular flexibility index (Phi) is 4.10. The van der Waals surface area contributed by atoms with Gasteiger partial charge < -0.3 is 9.30 Å². The van der Waals surface area contributed by atoms with Crippen LogP contribution in [-0.2, 0) is 10.0 Å². The Bertz CT molecular complexity index is 915. The van der Waals surface area contributed by atoms with Gasteiger partial charge in [-0.1, -0.05) is 0 Å². The SMILES string of the molecule is COc1cc(NS(=O)(=O)c2ccsc2)ccc1-n1cnc(C)c1. The Morgan fingerprint density at radius 3 is 2.74 bits per heavy atom. The van der Waals surface area contributed by atoms with Gasteiger partial charge in [-0.25, -0.2) is 13.4 Å². The molecule has 120 valence electrons. The van der Waals surface area contributed by atoms with Crippen LogP contribution in [0.4, 0.5) is 5.69 Å². The molecule has 0 atom stereocenters. The minimum absolute atomic E-state index is 0.246. The predicted molar refractivity (Wildman–Crippen MR) is 90.0 cm³/mol. The number of ether oxygens (including phenoxy) is 1. The third-order valence-electron chi connectivity index (χ3n) is 3.23. The molecule has 1 N–H and O–H groups in total. The Balaban J connectivity index is 1.94. The van der Waals surface area contributed by atoms with E-state index in [4.69, 9.17) is 4.74 Å². The molecule has 3 rings (SSSR count). The van der Waals surface area contributed by atoms with Gasteiger partial charge in [-0.15, -0.1) is 0 Å². The molecule has 0 radical (unpaired) electrons. The third kappa shape index (κ3) is 3.22. The summed E-state index contributed by atoms with van der Waals surface area (Å²) in [5.41, 5.74) is 2.11. The van der Waals surface area contributed by atoms with E-state index in [1.54, 1.807) is 48.5 Å². The summed E-state index contributed by atoms with van der Waals surface area (Å²) in [5, 5.41) is 3.31. The van der Waals surface area contributed by atoms with Gasteiger partial charge in [0.05, 0.1) is 35.4 Å². The van der Waals surface area contributed by atoms with Gasteiger partial charge in [-0.05, 0) is 30.5 Å². The minimum Gasteiger partial charge on any atom is -0.494 e. The summed E-state index contributed by atoms with van der Waals surface area (Å²) in [6, 6.07) is 6.68. The van der Waals surface area contributed by atoms with Crippen LogP contribution in [0.1, 0.15) is 5.69 Å². The van der Waals surface area contributed by atoms with Gasteiger partial charge in [0, 0.05) is 17.6 Å². The van der Waals surface area contributed by atoms with E-state index in [1.165, 1.54) is 11.3 Å². The number of thiophene rings is 1. The number of anilines is 1. The van der Waals surface area contributed by atoms with Crippen molar-refractivity contribution >= 4 is 27.0 Å². The molecule has 2 heterocycles. The summed E-state index contributed by atoms with van der Waals surface area (Å²) >= 11 is 1.33. The maximum absolute atomic E-state index is 12.3. The first-order valence-electron chi connectivity index (χ1n) is 6.73. The fourth-order valence-electron chi connectivity index (χ4n) is 2.13. The van der Waals surface area contributed by atoms with E-state index in [1.807, 2.05) is 17.7 Å². The Morgan fingerprint density at radius 2 is 2.13 bits per heavy atom. The molecule has 0 saturated heterocycles. The largest absolute Gasteiger partial charge is 0.494 e. The maximum atomic E-state index is 12.3. The normalized spacial score (nSPS) is 11.4. The van der Waals surface area contributed by atoms with Gasteiger partial charge in [-0.3, -0.25) is 4.72 Å². The Morgan fingerprint density at radius 1 is 1.30 bits per heavy atom. The van der Waals surface area contributed by atoms with Gasteiger partial charge in [0.25, 0.3) is 10.0 Å². The van der Waals surface area contributed by atoms with Gasteiger partial charge in [0.15, 0.2) is 0 Å². The Hall–Kier alpha value is -2.32. The van der Waals surface area contributed by atoms with Crippen molar-refractivity contribution in [3.63, 3.8) is 0 Å². The van der Waals surface area contributed by atoms with Crippen LogP contribution in [0, 0.1) is 6.92 Å². The van der Waals surface area contributed by atoms with E-state index < -0.39 is 10.0 Å². The van der Waals surface area contributed by atoms with E-state index in [0.717, 1.165) is 11.4 Å². The first-order valence-corrected chi connectivity index (χ1v) is 9.16. The van der Waals surface area contributed by atoms with Crippen LogP contribution in [0.25, 0.3) is 5.69 Å². The highest BCUT2D eigenvalue weighted by Crippen LogP contribution is 2.28. The zero-order valence-corrected chi connectivity index (χ0v) is 14.2. The monoisotopic (exact) mass is 349 g/mol. The highest BCUT2D eigenvalue weighted by atomic mass is 32.2. The van der Waals surface area contributed by atoms with Crippen molar-refractivity contribution in [3.05, 3.63) is 53.2 Å². The molecule has 0 aliphatic rings. The van der Waals surface area contributed by atoms with Crippen molar-refractivity contribution in [3.8, 4) is 11.4 Å². The third-order valence-corrected chi connectivity index (χ3v) is 5.44. The van der Waals surface area contributed by atoms with Gasteiger partial charge in [0.2, 0.25) is 0 Å². The molecule has 23 heavy (non-hydrogen) atoms. The highest BCUT2D eigenvalue weighted by Gasteiger charge is 2.16. The maximum Gasteiger partial charge on any atom is 0.262 e. The summed E-state index contributed by atoms with van der Waals surface area (Å²) < 4.78 is 34.3. The summed E-state index contributed by atoms with van der Waals surface area (Å²) in [7, 11) is -2.04. The lowest BCUT2D eigenvalue weighted by Crippen LogP contribution is -2.12. The highest BCUT2D eigenvalue weighted by molar-refractivity contribution is 7.92. The quantitative estimate of drug-likeness (QED) is 0.768. The molecule has 2 aromatic heterocycles. The molecule has 8 heteroatoms. The smallest absolute Gasteiger partial charge is 0.262 e. The molecule has 1 aromatic carbocycles. The zero-order valence-electron chi connectivity index (χ0n) is 12.6. The molecule has 0 bridgehead atoms. The predicted octanol–water partition coefficient (Wildman–Crippen LogP) is 3.05. The fourth-order valence-corrected chi connectivity index (χ4v) is 4.20. The number of hydrogen-bond donors (Lipinski definition) is 1. The zero-order chi connectivity index (χ0) is 16.4. The number of benzene rings is 1. The number of imidazole rings is 1. The van der Waals surface area contributed by atoms with Crippen molar-refractivity contribution in [1.29, 1.82) is 0 Å². The summed E-state index contributed by atoms with van der Waals surface area (Å²) in [5.74, 6) is 0.549. The average molecular weight is 349 g/mol. The topological polar surface area (TPSA) is 73.2 Å². The Labute approximate surface area is 138 Å². The lowest BCUT2D eigenvalue weighted by atomic mass is 10.2. The molecular formula is C15H15N3O3S2. The molecule has 0 unspecified atom stereocenters. The fraction of sp³-hybridized carbons (Fsp3) is 0.133. The summed E-state index contributed by atoms with van der Waals surface area (Å²) in [6.45, 7) is 1.90. The van der Waals surface area contributed by atoms with Crippen LogP contribution in [0.5, 0.6) is 5.75 Å². The first kappa shape index (κ1) is 15.6. The number of aromatic nitrogens is 2. The second-order valence-electron chi connectivity index (χ2n) is 4.87. The standard InChI is InChI=1S/C15H15N3O3S2/c1-11-8-18(10-16-11)14-4-3-12(7-15(14)21-2)17-23(19,20)13-5-6-22-9-13/h3-10,17H,1-2H3. The van der Waals surface area contributed by atoms with Crippen molar-refractivity contribution in [2.45, 2.75) is 11.8 Å². The van der Waals surface area contributed by atoms with Gasteiger partial charge in [0.1, 0.15) is 5.75 Å². The molecule has 6 nitrogen and oxygen atoms in total.